The number of fused-ring (bicyclic) bond motifs is 1. The Kier molecular flexibility index (Phi) is 4.10. The quantitative estimate of drug-likeness (QED) is 0.670. The van der Waals surface area contributed by atoms with Crippen molar-refractivity contribution < 1.29 is 9.21 Å². The Hall–Kier alpha value is -2.88. The summed E-state index contributed by atoms with van der Waals surface area (Å²) in [5.74, 6) is 0.0755. The lowest BCUT2D eigenvalue weighted by molar-refractivity contribution is 0.0703. The standard InChI is InChI=1S/C21H19NO3/c23-20(18-13-16-9-4-5-11-19(16)25-21(18)24)22-12-6-10-17(14-22)15-7-2-1-3-8-15/h1-5,7-9,11,13,17H,6,10,12,14H2/t17-/m0/s1. The van der Waals surface area contributed by atoms with Crippen LogP contribution in [0.15, 0.2) is 69.9 Å². The van der Waals surface area contributed by atoms with E-state index in [-0.39, 0.29) is 11.5 Å². The molecule has 4 heteroatoms. The molecule has 0 radical (unpaired) electrons. The van der Waals surface area contributed by atoms with Gasteiger partial charge in [0.15, 0.2) is 0 Å². The number of carbonyl (C=O) groups is 1. The van der Waals surface area contributed by atoms with Crippen molar-refractivity contribution in [2.45, 2.75) is 18.8 Å². The summed E-state index contributed by atoms with van der Waals surface area (Å²) in [4.78, 5) is 26.9. The van der Waals surface area contributed by atoms with Crippen LogP contribution in [0.3, 0.4) is 0 Å². The third-order valence-electron chi connectivity index (χ3n) is 4.85. The van der Waals surface area contributed by atoms with E-state index in [1.165, 1.54) is 5.56 Å². The zero-order chi connectivity index (χ0) is 17.2. The number of rotatable bonds is 2. The van der Waals surface area contributed by atoms with Gasteiger partial charge in [-0.15, -0.1) is 0 Å². The average molecular weight is 333 g/mol. The number of hydrogen-bond acceptors (Lipinski definition) is 3. The monoisotopic (exact) mass is 333 g/mol. The van der Waals surface area contributed by atoms with E-state index in [1.54, 1.807) is 17.0 Å². The number of piperidine rings is 1. The molecule has 25 heavy (non-hydrogen) atoms. The van der Waals surface area contributed by atoms with Crippen molar-refractivity contribution in [3.8, 4) is 0 Å². The topological polar surface area (TPSA) is 50.5 Å². The van der Waals surface area contributed by atoms with Gasteiger partial charge < -0.3 is 9.32 Å². The summed E-state index contributed by atoms with van der Waals surface area (Å²) in [5.41, 5.74) is 1.30. The Morgan fingerprint density at radius 3 is 2.64 bits per heavy atom. The van der Waals surface area contributed by atoms with E-state index >= 15 is 0 Å². The molecule has 2 heterocycles. The van der Waals surface area contributed by atoms with Gasteiger partial charge >= 0.3 is 5.63 Å². The Bertz CT molecular complexity index is 962. The van der Waals surface area contributed by atoms with E-state index in [1.807, 2.05) is 36.4 Å². The van der Waals surface area contributed by atoms with Gasteiger partial charge in [0.05, 0.1) is 0 Å². The van der Waals surface area contributed by atoms with E-state index in [0.717, 1.165) is 18.2 Å². The lowest BCUT2D eigenvalue weighted by atomic mass is 9.90. The predicted molar refractivity (Wildman–Crippen MR) is 96.8 cm³/mol. The molecular formula is C21H19NO3. The van der Waals surface area contributed by atoms with E-state index in [4.69, 9.17) is 4.42 Å². The molecule has 1 atom stereocenters. The van der Waals surface area contributed by atoms with Crippen LogP contribution in [0.5, 0.6) is 0 Å². The van der Waals surface area contributed by atoms with Crippen molar-refractivity contribution >= 4 is 16.9 Å². The van der Waals surface area contributed by atoms with Crippen molar-refractivity contribution in [3.05, 3.63) is 82.2 Å². The second kappa shape index (κ2) is 6.55. The summed E-state index contributed by atoms with van der Waals surface area (Å²) in [6, 6.07) is 19.1. The number of amides is 1. The minimum atomic E-state index is -0.564. The summed E-state index contributed by atoms with van der Waals surface area (Å²) >= 11 is 0. The average Bonchev–Trinajstić information content (AvgIpc) is 2.68. The maximum atomic E-state index is 12.9. The first-order chi connectivity index (χ1) is 12.2. The second-order valence-electron chi connectivity index (χ2n) is 6.49. The number of hydrogen-bond donors (Lipinski definition) is 0. The molecule has 4 rings (SSSR count). The predicted octanol–water partition coefficient (Wildman–Crippen LogP) is 3.81. The molecule has 126 valence electrons. The maximum Gasteiger partial charge on any atom is 0.349 e. The molecule has 1 saturated heterocycles. The molecule has 0 unspecified atom stereocenters. The van der Waals surface area contributed by atoms with Gasteiger partial charge in [0.1, 0.15) is 11.1 Å². The fourth-order valence-corrected chi connectivity index (χ4v) is 3.54. The molecule has 0 N–H and O–H groups in total. The minimum Gasteiger partial charge on any atom is -0.422 e. The molecule has 3 aromatic rings. The Morgan fingerprint density at radius 2 is 1.80 bits per heavy atom. The van der Waals surface area contributed by atoms with Gasteiger partial charge in [-0.3, -0.25) is 4.79 Å². The fourth-order valence-electron chi connectivity index (χ4n) is 3.54. The molecule has 1 aliphatic heterocycles. The highest BCUT2D eigenvalue weighted by Crippen LogP contribution is 2.27. The van der Waals surface area contributed by atoms with Crippen molar-refractivity contribution in [3.63, 3.8) is 0 Å². The SMILES string of the molecule is O=C(c1cc2ccccc2oc1=O)N1CCC[C@H](c2ccccc2)C1. The Labute approximate surface area is 145 Å². The number of nitrogens with zero attached hydrogens (tertiary/aromatic N) is 1. The Morgan fingerprint density at radius 1 is 1.04 bits per heavy atom. The van der Waals surface area contributed by atoms with Gasteiger partial charge in [0, 0.05) is 24.4 Å². The largest absolute Gasteiger partial charge is 0.422 e. The molecule has 0 spiro atoms. The van der Waals surface area contributed by atoms with Crippen LogP contribution in [-0.2, 0) is 0 Å². The van der Waals surface area contributed by atoms with Gasteiger partial charge in [-0.2, -0.15) is 0 Å². The zero-order valence-electron chi connectivity index (χ0n) is 13.9. The van der Waals surface area contributed by atoms with Gasteiger partial charge in [-0.05, 0) is 30.5 Å². The molecule has 0 bridgehead atoms. The number of para-hydroxylation sites is 1. The van der Waals surface area contributed by atoms with Crippen LogP contribution in [0, 0.1) is 0 Å². The smallest absolute Gasteiger partial charge is 0.349 e. The normalized spacial score (nSPS) is 17.6. The third kappa shape index (κ3) is 3.07. The van der Waals surface area contributed by atoms with E-state index in [2.05, 4.69) is 12.1 Å². The molecular weight excluding hydrogens is 314 g/mol. The first kappa shape index (κ1) is 15.6. The summed E-state index contributed by atoms with van der Waals surface area (Å²) in [7, 11) is 0. The molecule has 2 aromatic carbocycles. The maximum absolute atomic E-state index is 12.9. The summed E-state index contributed by atoms with van der Waals surface area (Å²) in [5, 5.41) is 0.766. The number of likely N-dealkylation sites (tertiary alicyclic amines) is 1. The zero-order valence-corrected chi connectivity index (χ0v) is 13.9. The minimum absolute atomic E-state index is 0.118. The lowest BCUT2D eigenvalue weighted by Crippen LogP contribution is -2.40. The van der Waals surface area contributed by atoms with Crippen LogP contribution < -0.4 is 5.63 Å². The second-order valence-corrected chi connectivity index (χ2v) is 6.49. The van der Waals surface area contributed by atoms with Crippen LogP contribution in [0.4, 0.5) is 0 Å². The summed E-state index contributed by atoms with van der Waals surface area (Å²) < 4.78 is 5.31. The number of benzene rings is 2. The highest BCUT2D eigenvalue weighted by Gasteiger charge is 2.27. The van der Waals surface area contributed by atoms with E-state index in [9.17, 15) is 9.59 Å². The lowest BCUT2D eigenvalue weighted by Gasteiger charge is -2.33. The molecule has 1 amide bonds. The first-order valence-corrected chi connectivity index (χ1v) is 8.59. The summed E-state index contributed by atoms with van der Waals surface area (Å²) in [6.45, 7) is 1.31. The summed E-state index contributed by atoms with van der Waals surface area (Å²) in [6.07, 6.45) is 1.99. The first-order valence-electron chi connectivity index (χ1n) is 8.59. The Balaban J connectivity index is 1.62. The van der Waals surface area contributed by atoms with Crippen molar-refractivity contribution in [2.75, 3.05) is 13.1 Å². The van der Waals surface area contributed by atoms with Crippen molar-refractivity contribution in [1.29, 1.82) is 0 Å². The van der Waals surface area contributed by atoms with E-state index < -0.39 is 5.63 Å². The van der Waals surface area contributed by atoms with Crippen molar-refractivity contribution in [2.24, 2.45) is 0 Å². The molecule has 4 nitrogen and oxygen atoms in total. The van der Waals surface area contributed by atoms with E-state index in [0.29, 0.717) is 24.6 Å². The van der Waals surface area contributed by atoms with Crippen LogP contribution in [0.2, 0.25) is 0 Å². The highest BCUT2D eigenvalue weighted by atomic mass is 16.4. The van der Waals surface area contributed by atoms with Gasteiger partial charge in [0.2, 0.25) is 0 Å². The molecule has 1 aromatic heterocycles. The fraction of sp³-hybridized carbons (Fsp3) is 0.238. The van der Waals surface area contributed by atoms with Crippen LogP contribution in [-0.4, -0.2) is 23.9 Å². The molecule has 1 aliphatic rings. The van der Waals surface area contributed by atoms with Crippen LogP contribution in [0.25, 0.3) is 11.0 Å². The molecule has 1 fully saturated rings. The molecule has 0 aliphatic carbocycles. The van der Waals surface area contributed by atoms with Gasteiger partial charge in [0.25, 0.3) is 5.91 Å². The van der Waals surface area contributed by atoms with Gasteiger partial charge in [-0.25, -0.2) is 4.79 Å². The number of carbonyl (C=O) groups excluding carboxylic acids is 1. The van der Waals surface area contributed by atoms with Crippen LogP contribution >= 0.6 is 0 Å². The van der Waals surface area contributed by atoms with Gasteiger partial charge in [-0.1, -0.05) is 48.5 Å². The third-order valence-corrected chi connectivity index (χ3v) is 4.85. The van der Waals surface area contributed by atoms with Crippen molar-refractivity contribution in [1.82, 2.24) is 4.90 Å². The van der Waals surface area contributed by atoms with Crippen LogP contribution in [0.1, 0.15) is 34.7 Å². The molecule has 0 saturated carbocycles. The highest BCUT2D eigenvalue weighted by molar-refractivity contribution is 5.96.